The number of carbonyl (C=O) groups excluding carboxylic acids is 1. The average molecular weight is 520 g/mol. The maximum atomic E-state index is 12.9. The number of halogens is 2. The first-order chi connectivity index (χ1) is 18.5. The van der Waals surface area contributed by atoms with Crippen molar-refractivity contribution < 1.29 is 18.3 Å². The third-order valence-corrected chi connectivity index (χ3v) is 6.67. The minimum Gasteiger partial charge on any atom is -0.470 e. The van der Waals surface area contributed by atoms with Crippen molar-refractivity contribution in [1.29, 1.82) is 0 Å². The summed E-state index contributed by atoms with van der Waals surface area (Å²) in [4.78, 5) is 21.1. The second-order valence-electron chi connectivity index (χ2n) is 8.96. The van der Waals surface area contributed by atoms with Gasteiger partial charge in [0.2, 0.25) is 11.8 Å². The van der Waals surface area contributed by atoms with Gasteiger partial charge in [-0.05, 0) is 37.3 Å². The van der Waals surface area contributed by atoms with E-state index in [0.29, 0.717) is 54.2 Å². The first-order valence-electron chi connectivity index (χ1n) is 12.0. The molecule has 2 aliphatic heterocycles. The van der Waals surface area contributed by atoms with Crippen LogP contribution in [0.2, 0.25) is 0 Å². The lowest BCUT2D eigenvalue weighted by molar-refractivity contribution is -0.117. The van der Waals surface area contributed by atoms with Crippen LogP contribution in [0.25, 0.3) is 5.69 Å². The van der Waals surface area contributed by atoms with Crippen LogP contribution in [-0.4, -0.2) is 61.8 Å². The molecule has 1 saturated heterocycles. The van der Waals surface area contributed by atoms with Crippen LogP contribution >= 0.6 is 0 Å². The van der Waals surface area contributed by atoms with Gasteiger partial charge < -0.3 is 19.9 Å². The summed E-state index contributed by atoms with van der Waals surface area (Å²) in [7, 11) is 0. The van der Waals surface area contributed by atoms with E-state index in [1.807, 2.05) is 17.0 Å². The van der Waals surface area contributed by atoms with E-state index < -0.39 is 6.43 Å². The van der Waals surface area contributed by atoms with Crippen molar-refractivity contribution in [3.8, 4) is 11.6 Å². The van der Waals surface area contributed by atoms with Gasteiger partial charge in [-0.3, -0.25) is 4.79 Å². The molecule has 11 nitrogen and oxygen atoms in total. The summed E-state index contributed by atoms with van der Waals surface area (Å²) in [6.07, 6.45) is -0.878. The molecule has 6 rings (SSSR count). The van der Waals surface area contributed by atoms with Crippen LogP contribution < -0.4 is 19.9 Å². The summed E-state index contributed by atoms with van der Waals surface area (Å²) in [5.74, 6) is 1.44. The Bertz CT molecular complexity index is 1460. The Morgan fingerprint density at radius 1 is 1.08 bits per heavy atom. The Labute approximate surface area is 216 Å². The van der Waals surface area contributed by atoms with Gasteiger partial charge >= 0.3 is 0 Å². The lowest BCUT2D eigenvalue weighted by atomic mass is 10.1. The standard InChI is InChI=1S/C25H23F2N9O2/c1-15-20(36(33-30-15)17-6-4-16(5-7-17)23(26)27)14-38-22-9-8-21(31-32-22)34-11-12-35-18-3-2-10-28-24(18)29-25(37)19(35)13-34/h2-10,19,23H,11-14H2,1H3,(H,28,29,37)/t19-/m0/s1. The largest absolute Gasteiger partial charge is 0.470 e. The molecular formula is C25H23F2N9O2. The zero-order chi connectivity index (χ0) is 26.2. The smallest absolute Gasteiger partial charge is 0.263 e. The SMILES string of the molecule is Cc1nnn(-c2ccc(C(F)F)cc2)c1COc1ccc(N2CCN3c4cccnc4NC(=O)[C@@H]3C2)nn1. The topological polar surface area (TPSA) is 114 Å². The minimum atomic E-state index is -2.54. The van der Waals surface area contributed by atoms with E-state index in [9.17, 15) is 13.6 Å². The number of hydrogen-bond acceptors (Lipinski definition) is 9. The van der Waals surface area contributed by atoms with E-state index in [4.69, 9.17) is 4.74 Å². The predicted molar refractivity (Wildman–Crippen MR) is 134 cm³/mol. The molecule has 0 unspecified atom stereocenters. The highest BCUT2D eigenvalue weighted by molar-refractivity contribution is 6.03. The highest BCUT2D eigenvalue weighted by Gasteiger charge is 2.38. The Hall–Kier alpha value is -4.68. The number of alkyl halides is 2. The zero-order valence-electron chi connectivity index (χ0n) is 20.3. The number of ether oxygens (including phenoxy) is 1. The van der Waals surface area contributed by atoms with Gasteiger partial charge in [0.15, 0.2) is 11.6 Å². The van der Waals surface area contributed by atoms with Gasteiger partial charge in [-0.15, -0.1) is 15.3 Å². The van der Waals surface area contributed by atoms with Gasteiger partial charge in [0.25, 0.3) is 6.43 Å². The summed E-state index contributed by atoms with van der Waals surface area (Å²) in [5.41, 5.74) is 2.76. The molecule has 1 amide bonds. The first kappa shape index (κ1) is 23.7. The zero-order valence-corrected chi connectivity index (χ0v) is 20.3. The number of rotatable bonds is 6. The summed E-state index contributed by atoms with van der Waals surface area (Å²) in [6.45, 7) is 3.67. The minimum absolute atomic E-state index is 0.0638. The number of nitrogens with zero attached hydrogens (tertiary/aromatic N) is 8. The second kappa shape index (κ2) is 9.65. The van der Waals surface area contributed by atoms with E-state index >= 15 is 0 Å². The van der Waals surface area contributed by atoms with Gasteiger partial charge in [0.05, 0.1) is 17.1 Å². The van der Waals surface area contributed by atoms with Gasteiger partial charge in [-0.25, -0.2) is 18.4 Å². The number of nitrogens with one attached hydrogen (secondary N) is 1. The molecule has 0 radical (unpaired) electrons. The van der Waals surface area contributed by atoms with Crippen molar-refractivity contribution >= 4 is 23.2 Å². The number of pyridine rings is 1. The normalized spacial score (nSPS) is 16.7. The molecule has 2 aliphatic rings. The molecule has 13 heteroatoms. The quantitative estimate of drug-likeness (QED) is 0.411. The number of hydrogen-bond donors (Lipinski definition) is 1. The highest BCUT2D eigenvalue weighted by atomic mass is 19.3. The third kappa shape index (κ3) is 4.35. The van der Waals surface area contributed by atoms with E-state index in [1.165, 1.54) is 12.1 Å². The second-order valence-corrected chi connectivity index (χ2v) is 8.96. The summed E-state index contributed by atoms with van der Waals surface area (Å²) < 4.78 is 33.2. The number of aryl methyl sites for hydroxylation is 1. The number of fused-ring (bicyclic) bond motifs is 3. The number of aromatic nitrogens is 6. The molecule has 38 heavy (non-hydrogen) atoms. The third-order valence-electron chi connectivity index (χ3n) is 6.67. The van der Waals surface area contributed by atoms with Gasteiger partial charge in [0.1, 0.15) is 18.3 Å². The van der Waals surface area contributed by atoms with Crippen molar-refractivity contribution in [2.75, 3.05) is 34.8 Å². The van der Waals surface area contributed by atoms with Crippen LogP contribution in [0.5, 0.6) is 5.88 Å². The van der Waals surface area contributed by atoms with E-state index in [0.717, 1.165) is 5.69 Å². The van der Waals surface area contributed by atoms with Crippen molar-refractivity contribution in [2.45, 2.75) is 26.0 Å². The van der Waals surface area contributed by atoms with Crippen molar-refractivity contribution in [1.82, 2.24) is 30.2 Å². The lowest BCUT2D eigenvalue weighted by Crippen LogP contribution is -2.60. The molecule has 4 aromatic rings. The first-order valence-corrected chi connectivity index (χ1v) is 12.0. The summed E-state index contributed by atoms with van der Waals surface area (Å²) >= 11 is 0. The lowest BCUT2D eigenvalue weighted by Gasteiger charge is -2.44. The Kier molecular flexibility index (Phi) is 6.02. The molecule has 3 aromatic heterocycles. The fourth-order valence-corrected chi connectivity index (χ4v) is 4.64. The molecule has 1 atom stereocenters. The van der Waals surface area contributed by atoms with E-state index in [-0.39, 0.29) is 24.1 Å². The van der Waals surface area contributed by atoms with Crippen LogP contribution in [0, 0.1) is 6.92 Å². The van der Waals surface area contributed by atoms with Crippen molar-refractivity contribution in [3.05, 3.63) is 71.7 Å². The Balaban J connectivity index is 1.12. The summed E-state index contributed by atoms with van der Waals surface area (Å²) in [5, 5.41) is 19.6. The van der Waals surface area contributed by atoms with Crippen LogP contribution in [0.4, 0.5) is 26.1 Å². The molecule has 194 valence electrons. The van der Waals surface area contributed by atoms with Gasteiger partial charge in [0, 0.05) is 37.5 Å². The van der Waals surface area contributed by atoms with Crippen molar-refractivity contribution in [3.63, 3.8) is 0 Å². The number of benzene rings is 1. The Morgan fingerprint density at radius 3 is 2.68 bits per heavy atom. The fourth-order valence-electron chi connectivity index (χ4n) is 4.64. The molecular weight excluding hydrogens is 496 g/mol. The van der Waals surface area contributed by atoms with Crippen LogP contribution in [-0.2, 0) is 11.4 Å². The van der Waals surface area contributed by atoms with Gasteiger partial charge in [-0.2, -0.15) is 0 Å². The molecule has 5 heterocycles. The van der Waals surface area contributed by atoms with Gasteiger partial charge in [-0.1, -0.05) is 17.3 Å². The predicted octanol–water partition coefficient (Wildman–Crippen LogP) is 2.92. The average Bonchev–Trinajstić information content (AvgIpc) is 3.32. The fraction of sp³-hybridized carbons (Fsp3) is 0.280. The molecule has 0 aliphatic carbocycles. The van der Waals surface area contributed by atoms with Crippen LogP contribution in [0.3, 0.4) is 0 Å². The van der Waals surface area contributed by atoms with E-state index in [1.54, 1.807) is 42.1 Å². The molecule has 0 bridgehead atoms. The number of anilines is 3. The molecule has 0 spiro atoms. The van der Waals surface area contributed by atoms with Crippen LogP contribution in [0.15, 0.2) is 54.7 Å². The molecule has 0 saturated carbocycles. The summed E-state index contributed by atoms with van der Waals surface area (Å²) in [6, 6.07) is 12.8. The Morgan fingerprint density at radius 2 is 1.92 bits per heavy atom. The molecule has 1 fully saturated rings. The van der Waals surface area contributed by atoms with Crippen LogP contribution in [0.1, 0.15) is 23.4 Å². The van der Waals surface area contributed by atoms with Crippen molar-refractivity contribution in [2.24, 2.45) is 0 Å². The molecule has 1 aromatic carbocycles. The number of amides is 1. The number of carbonyl (C=O) groups is 1. The van der Waals surface area contributed by atoms with E-state index in [2.05, 4.69) is 35.7 Å². The maximum Gasteiger partial charge on any atom is 0.263 e. The monoisotopic (exact) mass is 519 g/mol. The molecule has 1 N–H and O–H groups in total. The number of piperazine rings is 1. The highest BCUT2D eigenvalue weighted by Crippen LogP contribution is 2.32. The maximum absolute atomic E-state index is 12.9.